The predicted molar refractivity (Wildman–Crippen MR) is 97.2 cm³/mol. The van der Waals surface area contributed by atoms with E-state index in [1.807, 2.05) is 0 Å². The Balaban J connectivity index is 1.88. The fourth-order valence-electron chi connectivity index (χ4n) is 2.10. The van der Waals surface area contributed by atoms with Crippen molar-refractivity contribution in [1.29, 1.82) is 0 Å². The summed E-state index contributed by atoms with van der Waals surface area (Å²) in [5, 5.41) is 24.1. The van der Waals surface area contributed by atoms with Crippen LogP contribution in [0, 0.1) is 0 Å². The Bertz CT molecular complexity index is 788. The molecule has 26 heavy (non-hydrogen) atoms. The molecule has 3 N–H and O–H groups in total. The van der Waals surface area contributed by atoms with Gasteiger partial charge in [0, 0.05) is 17.1 Å². The lowest BCUT2D eigenvalue weighted by Gasteiger charge is -2.09. The maximum absolute atomic E-state index is 11.9. The van der Waals surface area contributed by atoms with E-state index in [4.69, 9.17) is 26.7 Å². The molecule has 0 aliphatic carbocycles. The van der Waals surface area contributed by atoms with Crippen LogP contribution < -0.4 is 10.1 Å². The van der Waals surface area contributed by atoms with Crippen LogP contribution in [0.5, 0.6) is 5.75 Å². The summed E-state index contributed by atoms with van der Waals surface area (Å²) in [6, 6.07) is 13.2. The molecule has 0 aromatic heterocycles. The monoisotopic (exact) mass is 376 g/mol. The molecule has 7 nitrogen and oxygen atoms in total. The third-order valence-corrected chi connectivity index (χ3v) is 3.63. The van der Waals surface area contributed by atoms with Crippen LogP contribution in [0.3, 0.4) is 0 Å². The number of hydrogen-bond donors (Lipinski definition) is 3. The second kappa shape index (κ2) is 9.43. The minimum atomic E-state index is -0.976. The first-order valence-electron chi connectivity index (χ1n) is 7.69. The highest BCUT2D eigenvalue weighted by atomic mass is 35.5. The number of carboxylic acids is 1. The highest BCUT2D eigenvalue weighted by Gasteiger charge is 2.09. The third-order valence-electron chi connectivity index (χ3n) is 3.38. The topological polar surface area (TPSA) is 108 Å². The molecule has 0 radical (unpaired) electrons. The Kier molecular flexibility index (Phi) is 6.99. The van der Waals surface area contributed by atoms with Crippen LogP contribution in [0.1, 0.15) is 18.4 Å². The third kappa shape index (κ3) is 6.10. The normalized spacial score (nSPS) is 11.0. The van der Waals surface area contributed by atoms with Gasteiger partial charge in [-0.15, -0.1) is 0 Å². The van der Waals surface area contributed by atoms with Gasteiger partial charge in [0.2, 0.25) is 0 Å². The van der Waals surface area contributed by atoms with Crippen molar-refractivity contribution in [3.63, 3.8) is 0 Å². The van der Waals surface area contributed by atoms with E-state index in [1.165, 1.54) is 0 Å². The van der Waals surface area contributed by atoms with Gasteiger partial charge in [-0.05, 0) is 42.0 Å². The molecule has 0 heterocycles. The highest BCUT2D eigenvalue weighted by molar-refractivity contribution is 6.30. The largest absolute Gasteiger partial charge is 0.484 e. The molecule has 0 saturated heterocycles. The number of nitrogens with zero attached hydrogens (tertiary/aromatic N) is 1. The van der Waals surface area contributed by atoms with Crippen LogP contribution in [0.4, 0.5) is 5.69 Å². The summed E-state index contributed by atoms with van der Waals surface area (Å²) in [5.74, 6) is -0.785. The number of anilines is 1. The number of amides is 1. The van der Waals surface area contributed by atoms with Gasteiger partial charge in [0.25, 0.3) is 5.91 Å². The molecule has 0 aliphatic heterocycles. The summed E-state index contributed by atoms with van der Waals surface area (Å²) in [4.78, 5) is 22.5. The van der Waals surface area contributed by atoms with Crippen LogP contribution >= 0.6 is 11.6 Å². The fourth-order valence-corrected chi connectivity index (χ4v) is 2.23. The summed E-state index contributed by atoms with van der Waals surface area (Å²) in [6.45, 7) is -0.161. The second-order valence-electron chi connectivity index (χ2n) is 5.31. The smallest absolute Gasteiger partial charge is 0.303 e. The van der Waals surface area contributed by atoms with Gasteiger partial charge in [-0.3, -0.25) is 9.59 Å². The predicted octanol–water partition coefficient (Wildman–Crippen LogP) is 3.40. The summed E-state index contributed by atoms with van der Waals surface area (Å²) < 4.78 is 5.35. The number of oxime groups is 1. The van der Waals surface area contributed by atoms with Gasteiger partial charge in [-0.25, -0.2) is 0 Å². The molecule has 2 rings (SSSR count). The first kappa shape index (κ1) is 19.3. The number of carbonyl (C=O) groups excluding carboxylic acids is 1. The maximum atomic E-state index is 11.9. The zero-order valence-corrected chi connectivity index (χ0v) is 14.4. The Morgan fingerprint density at radius 2 is 1.69 bits per heavy atom. The standard InChI is InChI=1S/C18H17ClN2O5/c19-13-3-7-15(8-4-13)26-11-17(22)20-14-5-1-12(2-6-14)16(21-25)9-10-18(23)24/h1-8,25H,9-11H2,(H,20,22)(H,23,24). The molecule has 0 spiro atoms. The zero-order valence-electron chi connectivity index (χ0n) is 13.7. The van der Waals surface area contributed by atoms with Crippen LogP contribution in [-0.4, -0.2) is 34.5 Å². The first-order valence-corrected chi connectivity index (χ1v) is 8.07. The van der Waals surface area contributed by atoms with Crippen molar-refractivity contribution in [2.75, 3.05) is 11.9 Å². The summed E-state index contributed by atoms with van der Waals surface area (Å²) in [5.41, 5.74) is 1.37. The minimum Gasteiger partial charge on any atom is -0.484 e. The average Bonchev–Trinajstić information content (AvgIpc) is 2.63. The SMILES string of the molecule is O=C(O)CCC(=NO)c1ccc(NC(=O)COc2ccc(Cl)cc2)cc1. The lowest BCUT2D eigenvalue weighted by atomic mass is 10.1. The van der Waals surface area contributed by atoms with Crippen molar-refractivity contribution in [1.82, 2.24) is 0 Å². The number of carboxylic acid groups (broad SMARTS) is 1. The molecule has 0 bridgehead atoms. The Morgan fingerprint density at radius 1 is 1.04 bits per heavy atom. The summed E-state index contributed by atoms with van der Waals surface area (Å²) in [6.07, 6.45) is -0.0353. The zero-order chi connectivity index (χ0) is 18.9. The lowest BCUT2D eigenvalue weighted by molar-refractivity contribution is -0.136. The van der Waals surface area contributed by atoms with E-state index in [1.54, 1.807) is 48.5 Å². The number of hydrogen-bond acceptors (Lipinski definition) is 5. The van der Waals surface area contributed by atoms with E-state index in [-0.39, 0.29) is 31.1 Å². The lowest BCUT2D eigenvalue weighted by Crippen LogP contribution is -2.20. The number of halogens is 1. The molecule has 8 heteroatoms. The molecule has 0 fully saturated rings. The molecule has 1 amide bonds. The molecular weight excluding hydrogens is 360 g/mol. The molecular formula is C18H17ClN2O5. The Labute approximate surface area is 154 Å². The number of rotatable bonds is 8. The van der Waals surface area contributed by atoms with E-state index >= 15 is 0 Å². The quantitative estimate of drug-likeness (QED) is 0.371. The number of ether oxygens (including phenoxy) is 1. The molecule has 136 valence electrons. The van der Waals surface area contributed by atoms with Gasteiger partial charge >= 0.3 is 5.97 Å². The minimum absolute atomic E-state index is 0.104. The van der Waals surface area contributed by atoms with Crippen LogP contribution in [0.25, 0.3) is 0 Å². The van der Waals surface area contributed by atoms with Crippen molar-refractivity contribution in [2.45, 2.75) is 12.8 Å². The average molecular weight is 377 g/mol. The van der Waals surface area contributed by atoms with E-state index in [2.05, 4.69) is 10.5 Å². The van der Waals surface area contributed by atoms with Gasteiger partial charge in [0.05, 0.1) is 12.1 Å². The van der Waals surface area contributed by atoms with Crippen molar-refractivity contribution in [2.24, 2.45) is 5.16 Å². The van der Waals surface area contributed by atoms with Gasteiger partial charge in [-0.2, -0.15) is 0 Å². The first-order chi connectivity index (χ1) is 12.5. The number of nitrogens with one attached hydrogen (secondary N) is 1. The molecule has 2 aromatic carbocycles. The van der Waals surface area contributed by atoms with Crippen molar-refractivity contribution in [3.8, 4) is 5.75 Å². The van der Waals surface area contributed by atoms with Crippen LogP contribution in [0.15, 0.2) is 53.7 Å². The second-order valence-corrected chi connectivity index (χ2v) is 5.74. The molecule has 0 unspecified atom stereocenters. The van der Waals surface area contributed by atoms with E-state index in [0.717, 1.165) is 0 Å². The molecule has 0 saturated carbocycles. The molecule has 0 atom stereocenters. The van der Waals surface area contributed by atoms with E-state index < -0.39 is 5.97 Å². The van der Waals surface area contributed by atoms with Gasteiger partial charge in [-0.1, -0.05) is 28.9 Å². The Hall–Kier alpha value is -3.06. The fraction of sp³-hybridized carbons (Fsp3) is 0.167. The molecule has 2 aromatic rings. The highest BCUT2D eigenvalue weighted by Crippen LogP contribution is 2.16. The maximum Gasteiger partial charge on any atom is 0.303 e. The van der Waals surface area contributed by atoms with Crippen molar-refractivity contribution < 1.29 is 24.6 Å². The van der Waals surface area contributed by atoms with E-state index in [9.17, 15) is 9.59 Å². The van der Waals surface area contributed by atoms with Crippen molar-refractivity contribution >= 4 is 34.9 Å². The van der Waals surface area contributed by atoms with Gasteiger partial charge < -0.3 is 20.4 Å². The molecule has 0 aliphatic rings. The van der Waals surface area contributed by atoms with E-state index in [0.29, 0.717) is 22.0 Å². The number of benzene rings is 2. The van der Waals surface area contributed by atoms with Gasteiger partial charge in [0.1, 0.15) is 5.75 Å². The number of aliphatic carboxylic acids is 1. The summed E-state index contributed by atoms with van der Waals surface area (Å²) >= 11 is 5.77. The van der Waals surface area contributed by atoms with Crippen molar-refractivity contribution in [3.05, 3.63) is 59.1 Å². The van der Waals surface area contributed by atoms with Gasteiger partial charge in [0.15, 0.2) is 6.61 Å². The van der Waals surface area contributed by atoms with Crippen LogP contribution in [-0.2, 0) is 9.59 Å². The van der Waals surface area contributed by atoms with Crippen LogP contribution in [0.2, 0.25) is 5.02 Å². The number of carbonyl (C=O) groups is 2. The summed E-state index contributed by atoms with van der Waals surface area (Å²) in [7, 11) is 0. The Morgan fingerprint density at radius 3 is 2.27 bits per heavy atom.